The fourth-order valence-electron chi connectivity index (χ4n) is 11.4. The summed E-state index contributed by atoms with van der Waals surface area (Å²) in [4.78, 5) is 2.34. The Morgan fingerprint density at radius 2 is 0.969 bits per heavy atom. The highest BCUT2D eigenvalue weighted by molar-refractivity contribution is 6.08. The van der Waals surface area contributed by atoms with Gasteiger partial charge in [-0.2, -0.15) is 0 Å². The lowest BCUT2D eigenvalue weighted by Crippen LogP contribution is -2.21. The van der Waals surface area contributed by atoms with Crippen molar-refractivity contribution < 1.29 is 9.47 Å². The highest BCUT2D eigenvalue weighted by Gasteiger charge is 2.40. The number of hydrogen-bond acceptors (Lipinski definition) is 3. The summed E-state index contributed by atoms with van der Waals surface area (Å²) in [5, 5.41) is 0.975. The number of rotatable bonds is 5. The molecule has 0 spiro atoms. The maximum absolute atomic E-state index is 7.29. The molecule has 9 aromatic rings. The third kappa shape index (κ3) is 4.83. The van der Waals surface area contributed by atoms with Crippen LogP contribution in [0.5, 0.6) is 23.0 Å². The van der Waals surface area contributed by atoms with Crippen molar-refractivity contribution in [1.29, 1.82) is 0 Å². The van der Waals surface area contributed by atoms with E-state index in [4.69, 9.17) is 9.47 Å². The minimum atomic E-state index is -0.112. The molecule has 0 atom stereocenters. The Balaban J connectivity index is 1.01. The average molecular weight is 825 g/mol. The average Bonchev–Trinajstić information content (AvgIpc) is 3.87. The minimum absolute atomic E-state index is 0.103. The summed E-state index contributed by atoms with van der Waals surface area (Å²) in [7, 11) is 0. The van der Waals surface area contributed by atoms with Crippen LogP contribution in [0.2, 0.25) is 0 Å². The number of anilines is 3. The van der Waals surface area contributed by atoms with Crippen LogP contribution in [0.3, 0.4) is 0 Å². The number of benzene rings is 8. The predicted molar refractivity (Wildman–Crippen MR) is 264 cm³/mol. The summed E-state index contributed by atoms with van der Waals surface area (Å²) in [5.41, 5.74) is 21.5. The van der Waals surface area contributed by atoms with Gasteiger partial charge in [-0.3, -0.25) is 4.90 Å². The van der Waals surface area contributed by atoms with Crippen molar-refractivity contribution in [2.45, 2.75) is 38.5 Å². The number of ether oxygens (including phenoxy) is 2. The summed E-state index contributed by atoms with van der Waals surface area (Å²) in [6.07, 6.45) is 3.83. The summed E-state index contributed by atoms with van der Waals surface area (Å²) in [6, 6.07) is 57.3. The van der Waals surface area contributed by atoms with Crippen LogP contribution in [0.15, 0.2) is 171 Å². The van der Waals surface area contributed by atoms with Crippen molar-refractivity contribution in [2.75, 3.05) is 4.90 Å². The second kappa shape index (κ2) is 12.9. The molecule has 1 aromatic heterocycles. The van der Waals surface area contributed by atoms with Gasteiger partial charge in [0.05, 0.1) is 22.6 Å². The SMILES string of the molecule is C=Cc1c(C=C)n(-c2ccccc2)c2c3c4c(cc12)Oc1cc(-c2ccc5c(c2)C(C)(C)c2ccccc2-5)ccc1N4c1ccc(-c2ccc4c(c2)C(C)(C)c2ccccc2-4)cc1O3. The Morgan fingerprint density at radius 3 is 1.53 bits per heavy atom. The van der Waals surface area contributed by atoms with Crippen LogP contribution in [0, 0.1) is 0 Å². The number of hydrogen-bond donors (Lipinski definition) is 0. The van der Waals surface area contributed by atoms with Crippen LogP contribution in [0.25, 0.3) is 73.2 Å². The van der Waals surface area contributed by atoms with Crippen molar-refractivity contribution in [1.82, 2.24) is 4.57 Å². The molecule has 0 radical (unpaired) electrons. The van der Waals surface area contributed by atoms with E-state index in [2.05, 4.69) is 202 Å². The van der Waals surface area contributed by atoms with E-state index < -0.39 is 0 Å². The van der Waals surface area contributed by atoms with Crippen LogP contribution in [-0.2, 0) is 10.8 Å². The second-order valence-electron chi connectivity index (χ2n) is 18.6. The van der Waals surface area contributed by atoms with Gasteiger partial charge in [-0.05, 0) is 127 Å². The van der Waals surface area contributed by atoms with Gasteiger partial charge in [0.25, 0.3) is 0 Å². The van der Waals surface area contributed by atoms with Gasteiger partial charge in [-0.15, -0.1) is 0 Å². The van der Waals surface area contributed by atoms with E-state index in [0.717, 1.165) is 90.2 Å². The normalized spacial score (nSPS) is 14.8. The van der Waals surface area contributed by atoms with Gasteiger partial charge in [0.15, 0.2) is 23.0 Å². The molecule has 2 aliphatic carbocycles. The first-order valence-corrected chi connectivity index (χ1v) is 22.1. The molecule has 64 heavy (non-hydrogen) atoms. The van der Waals surface area contributed by atoms with Crippen molar-refractivity contribution in [3.63, 3.8) is 0 Å². The molecule has 8 aromatic carbocycles. The van der Waals surface area contributed by atoms with Gasteiger partial charge in [0.2, 0.25) is 0 Å². The molecule has 4 heteroatoms. The highest BCUT2D eigenvalue weighted by atomic mass is 16.5. The van der Waals surface area contributed by atoms with Crippen LogP contribution >= 0.6 is 0 Å². The zero-order chi connectivity index (χ0) is 43.2. The lowest BCUT2D eigenvalue weighted by atomic mass is 9.81. The maximum Gasteiger partial charge on any atom is 0.180 e. The van der Waals surface area contributed by atoms with Gasteiger partial charge in [0.1, 0.15) is 5.69 Å². The van der Waals surface area contributed by atoms with Gasteiger partial charge < -0.3 is 14.0 Å². The first-order chi connectivity index (χ1) is 31.1. The lowest BCUT2D eigenvalue weighted by Gasteiger charge is -2.38. The summed E-state index contributed by atoms with van der Waals surface area (Å²) >= 11 is 0. The lowest BCUT2D eigenvalue weighted by molar-refractivity contribution is 0.449. The molecular formula is C60H44N2O2. The monoisotopic (exact) mass is 824 g/mol. The fraction of sp³-hybridized carbons (Fsp3) is 0.100. The first kappa shape index (κ1) is 36.8. The van der Waals surface area contributed by atoms with Gasteiger partial charge >= 0.3 is 0 Å². The van der Waals surface area contributed by atoms with E-state index in [0.29, 0.717) is 0 Å². The number of fused-ring (bicyclic) bond motifs is 12. The highest BCUT2D eigenvalue weighted by Crippen LogP contribution is 2.63. The summed E-state index contributed by atoms with van der Waals surface area (Å²) in [5.74, 6) is 2.99. The molecule has 0 N–H and O–H groups in total. The summed E-state index contributed by atoms with van der Waals surface area (Å²) < 4.78 is 16.6. The first-order valence-electron chi connectivity index (χ1n) is 22.1. The molecule has 0 saturated carbocycles. The van der Waals surface area contributed by atoms with Crippen molar-refractivity contribution >= 4 is 40.1 Å². The maximum atomic E-state index is 7.29. The minimum Gasteiger partial charge on any atom is -0.453 e. The third-order valence-electron chi connectivity index (χ3n) is 14.5. The molecule has 306 valence electrons. The smallest absolute Gasteiger partial charge is 0.180 e. The van der Waals surface area contributed by atoms with E-state index in [9.17, 15) is 0 Å². The Hall–Kier alpha value is -7.82. The zero-order valence-corrected chi connectivity index (χ0v) is 36.3. The second-order valence-corrected chi connectivity index (χ2v) is 18.6. The predicted octanol–water partition coefficient (Wildman–Crippen LogP) is 16.5. The van der Waals surface area contributed by atoms with Gasteiger partial charge in [-0.25, -0.2) is 0 Å². The van der Waals surface area contributed by atoms with E-state index in [1.54, 1.807) is 0 Å². The Bertz CT molecular complexity index is 3540. The quantitative estimate of drug-likeness (QED) is 0.173. The Kier molecular flexibility index (Phi) is 7.40. The third-order valence-corrected chi connectivity index (χ3v) is 14.5. The number of nitrogens with zero attached hydrogens (tertiary/aromatic N) is 2. The molecule has 4 aliphatic rings. The van der Waals surface area contributed by atoms with E-state index in [-0.39, 0.29) is 10.8 Å². The number of para-hydroxylation sites is 1. The molecule has 0 amide bonds. The molecular weight excluding hydrogens is 781 g/mol. The largest absolute Gasteiger partial charge is 0.453 e. The summed E-state index contributed by atoms with van der Waals surface area (Å²) in [6.45, 7) is 17.9. The van der Waals surface area contributed by atoms with Crippen molar-refractivity contribution in [3.8, 4) is 73.2 Å². The molecule has 0 bridgehead atoms. The molecule has 2 aliphatic heterocycles. The fourth-order valence-corrected chi connectivity index (χ4v) is 11.4. The van der Waals surface area contributed by atoms with Crippen molar-refractivity contribution in [3.05, 3.63) is 204 Å². The zero-order valence-electron chi connectivity index (χ0n) is 36.3. The van der Waals surface area contributed by atoms with Gasteiger partial charge in [-0.1, -0.05) is 150 Å². The standard InChI is InChI=1S/C60H44N2O2/c1-7-40-45-34-55-57-58(56(45)61(50(40)8-2)39-16-10-9-11-17-39)64-54-33-38(36-23-27-44-42-19-13-15-21-47(42)60(5,6)49(44)31-36)25-29-52(54)62(57)51-28-24-37(32-53(51)63-55)35-22-26-43-41-18-12-14-20-46(41)59(3,4)48(43)30-35/h7-34H,1-2H2,3-6H3. The molecule has 13 rings (SSSR count). The molecule has 0 saturated heterocycles. The van der Waals surface area contributed by atoms with Crippen LogP contribution in [-0.4, -0.2) is 4.57 Å². The van der Waals surface area contributed by atoms with E-state index in [1.165, 1.54) is 44.5 Å². The molecule has 3 heterocycles. The topological polar surface area (TPSA) is 26.6 Å². The van der Waals surface area contributed by atoms with Crippen LogP contribution < -0.4 is 14.4 Å². The number of aromatic nitrogens is 1. The van der Waals surface area contributed by atoms with E-state index >= 15 is 0 Å². The van der Waals surface area contributed by atoms with Gasteiger partial charge in [0, 0.05) is 27.5 Å². The molecule has 0 unspecified atom stereocenters. The van der Waals surface area contributed by atoms with E-state index in [1.807, 2.05) is 18.2 Å². The van der Waals surface area contributed by atoms with Crippen molar-refractivity contribution in [2.24, 2.45) is 0 Å². The van der Waals surface area contributed by atoms with Crippen LogP contribution in [0.4, 0.5) is 17.1 Å². The Morgan fingerprint density at radius 1 is 0.469 bits per heavy atom. The molecule has 4 nitrogen and oxygen atoms in total. The van der Waals surface area contributed by atoms with Crippen LogP contribution in [0.1, 0.15) is 61.2 Å². The Labute approximate surface area is 373 Å². The molecule has 0 fully saturated rings.